The number of benzene rings is 2. The van der Waals surface area contributed by atoms with Gasteiger partial charge in [-0.3, -0.25) is 10.1 Å². The van der Waals surface area contributed by atoms with Crippen LogP contribution in [-0.4, -0.2) is 31.5 Å². The lowest BCUT2D eigenvalue weighted by Gasteiger charge is -2.09. The van der Waals surface area contributed by atoms with Gasteiger partial charge in [0.1, 0.15) is 12.1 Å². The number of carbonyl (C=O) groups excluding carboxylic acids is 2. The van der Waals surface area contributed by atoms with Crippen molar-refractivity contribution in [2.45, 2.75) is 19.4 Å². The van der Waals surface area contributed by atoms with Crippen LogP contribution in [0.15, 0.2) is 61.2 Å². The largest absolute Gasteiger partial charge is 0.437 e. The van der Waals surface area contributed by atoms with Gasteiger partial charge in [0.25, 0.3) is 11.8 Å². The molecule has 0 atom stereocenters. The van der Waals surface area contributed by atoms with Crippen molar-refractivity contribution in [2.24, 2.45) is 5.92 Å². The Labute approximate surface area is 193 Å². The maximum Gasteiger partial charge on any atom is 0.326 e. The summed E-state index contributed by atoms with van der Waals surface area (Å²) in [6.07, 6.45) is 5.70. The van der Waals surface area contributed by atoms with E-state index in [4.69, 9.17) is 16.3 Å². The van der Waals surface area contributed by atoms with Crippen LogP contribution in [0.25, 0.3) is 11.2 Å². The van der Waals surface area contributed by atoms with Crippen molar-refractivity contribution < 1.29 is 14.3 Å². The first-order chi connectivity index (χ1) is 16.0. The molecule has 10 heteroatoms. The fraction of sp³-hybridized carbons (Fsp3) is 0.174. The molecular formula is C23H19ClN6O3. The Balaban J connectivity index is 1.22. The Morgan fingerprint density at radius 3 is 2.67 bits per heavy atom. The molecule has 0 unspecified atom stereocenters. The number of aromatic nitrogens is 4. The minimum Gasteiger partial charge on any atom is -0.437 e. The predicted octanol–water partition coefficient (Wildman–Crippen LogP) is 4.64. The molecule has 0 aliphatic heterocycles. The highest BCUT2D eigenvalue weighted by Gasteiger charge is 2.23. The predicted molar refractivity (Wildman–Crippen MR) is 122 cm³/mol. The lowest BCUT2D eigenvalue weighted by Crippen LogP contribution is -2.34. The number of imide groups is 1. The SMILES string of the molecule is O=C(NC(=O)c1cccc(Cl)c1)Nc1ccc(Oc2ncnc3c2ncn3CC2CC2)cc1. The van der Waals surface area contributed by atoms with Crippen LogP contribution in [0.4, 0.5) is 10.5 Å². The first kappa shape index (κ1) is 20.9. The van der Waals surface area contributed by atoms with Gasteiger partial charge in [0, 0.05) is 22.8 Å². The molecule has 2 heterocycles. The quantitative estimate of drug-likeness (QED) is 0.431. The highest BCUT2D eigenvalue weighted by Crippen LogP contribution is 2.32. The minimum atomic E-state index is -0.660. The second-order valence-electron chi connectivity index (χ2n) is 7.74. The molecule has 1 aliphatic carbocycles. The number of urea groups is 1. The van der Waals surface area contributed by atoms with Crippen LogP contribution < -0.4 is 15.4 Å². The fourth-order valence-electron chi connectivity index (χ4n) is 3.33. The molecule has 1 fully saturated rings. The van der Waals surface area contributed by atoms with Crippen LogP contribution in [0.1, 0.15) is 23.2 Å². The highest BCUT2D eigenvalue weighted by atomic mass is 35.5. The molecule has 166 valence electrons. The number of hydrogen-bond donors (Lipinski definition) is 2. The van der Waals surface area contributed by atoms with Crippen molar-refractivity contribution in [1.82, 2.24) is 24.8 Å². The Kier molecular flexibility index (Phi) is 5.62. The van der Waals surface area contributed by atoms with Gasteiger partial charge in [-0.15, -0.1) is 0 Å². The number of rotatable bonds is 6. The van der Waals surface area contributed by atoms with Crippen molar-refractivity contribution in [3.8, 4) is 11.6 Å². The molecule has 5 rings (SSSR count). The summed E-state index contributed by atoms with van der Waals surface area (Å²) in [6.45, 7) is 0.898. The normalized spacial score (nSPS) is 13.0. The average Bonchev–Trinajstić information content (AvgIpc) is 3.53. The number of nitrogens with one attached hydrogen (secondary N) is 2. The van der Waals surface area contributed by atoms with E-state index in [1.54, 1.807) is 48.8 Å². The van der Waals surface area contributed by atoms with Gasteiger partial charge in [-0.2, -0.15) is 4.98 Å². The van der Waals surface area contributed by atoms with Crippen LogP contribution in [0.2, 0.25) is 5.02 Å². The third-order valence-corrected chi connectivity index (χ3v) is 5.40. The standard InChI is InChI=1S/C23H19ClN6O3/c24-16-3-1-2-15(10-16)21(31)29-23(32)28-17-6-8-18(9-7-17)33-22-19-20(25-12-26-22)30(13-27-19)11-14-4-5-14/h1-3,6-10,12-14H,4-5,11H2,(H2,28,29,31,32). The molecule has 0 bridgehead atoms. The summed E-state index contributed by atoms with van der Waals surface area (Å²) in [5, 5.41) is 5.28. The van der Waals surface area contributed by atoms with Crippen LogP contribution in [-0.2, 0) is 6.54 Å². The first-order valence-electron chi connectivity index (χ1n) is 10.4. The van der Waals surface area contributed by atoms with E-state index in [1.807, 2.05) is 4.57 Å². The molecule has 2 N–H and O–H groups in total. The van der Waals surface area contributed by atoms with Gasteiger partial charge in [0.05, 0.1) is 6.33 Å². The number of fused-ring (bicyclic) bond motifs is 1. The summed E-state index contributed by atoms with van der Waals surface area (Å²) in [7, 11) is 0. The molecule has 33 heavy (non-hydrogen) atoms. The van der Waals surface area contributed by atoms with Gasteiger partial charge in [-0.25, -0.2) is 14.8 Å². The maximum absolute atomic E-state index is 12.2. The Hall–Kier alpha value is -3.98. The average molecular weight is 463 g/mol. The first-order valence-corrected chi connectivity index (χ1v) is 10.7. The summed E-state index contributed by atoms with van der Waals surface area (Å²) in [5.41, 5.74) is 2.11. The molecule has 4 aromatic rings. The van der Waals surface area contributed by atoms with E-state index in [1.165, 1.54) is 25.2 Å². The van der Waals surface area contributed by atoms with Crippen molar-refractivity contribution in [2.75, 3.05) is 5.32 Å². The number of hydrogen-bond acceptors (Lipinski definition) is 6. The molecule has 1 aliphatic rings. The number of amides is 3. The molecule has 3 amide bonds. The van der Waals surface area contributed by atoms with E-state index in [2.05, 4.69) is 25.6 Å². The number of carbonyl (C=O) groups is 2. The van der Waals surface area contributed by atoms with Gasteiger partial charge in [0.15, 0.2) is 11.2 Å². The molecule has 0 saturated heterocycles. The van der Waals surface area contributed by atoms with Gasteiger partial charge in [-0.1, -0.05) is 17.7 Å². The topological polar surface area (TPSA) is 111 Å². The monoisotopic (exact) mass is 462 g/mol. The Morgan fingerprint density at radius 2 is 1.91 bits per heavy atom. The van der Waals surface area contributed by atoms with Crippen LogP contribution in [0.5, 0.6) is 11.6 Å². The van der Waals surface area contributed by atoms with Gasteiger partial charge in [0.2, 0.25) is 0 Å². The molecule has 2 aromatic carbocycles. The second-order valence-corrected chi connectivity index (χ2v) is 8.17. The molecule has 0 radical (unpaired) electrons. The number of halogens is 1. The van der Waals surface area contributed by atoms with Gasteiger partial charge >= 0.3 is 6.03 Å². The number of nitrogens with zero attached hydrogens (tertiary/aromatic N) is 4. The van der Waals surface area contributed by atoms with Crippen LogP contribution in [0, 0.1) is 5.92 Å². The van der Waals surface area contributed by atoms with Crippen molar-refractivity contribution in [1.29, 1.82) is 0 Å². The van der Waals surface area contributed by atoms with Gasteiger partial charge in [-0.05, 0) is 61.2 Å². The van der Waals surface area contributed by atoms with Crippen LogP contribution >= 0.6 is 11.6 Å². The zero-order chi connectivity index (χ0) is 22.8. The summed E-state index contributed by atoms with van der Waals surface area (Å²) in [6, 6.07) is 12.4. The Morgan fingerprint density at radius 1 is 1.09 bits per heavy atom. The summed E-state index contributed by atoms with van der Waals surface area (Å²) in [5.74, 6) is 1.02. The summed E-state index contributed by atoms with van der Waals surface area (Å²) < 4.78 is 7.92. The zero-order valence-electron chi connectivity index (χ0n) is 17.4. The molecule has 0 spiro atoms. The number of anilines is 1. The number of imidazole rings is 1. The third-order valence-electron chi connectivity index (χ3n) is 5.16. The second kappa shape index (κ2) is 8.87. The maximum atomic E-state index is 12.2. The third kappa shape index (κ3) is 4.93. The molecule has 2 aromatic heterocycles. The summed E-state index contributed by atoms with van der Waals surface area (Å²) in [4.78, 5) is 37.3. The number of ether oxygens (including phenoxy) is 1. The van der Waals surface area contributed by atoms with Crippen molar-refractivity contribution in [3.05, 3.63) is 71.8 Å². The van der Waals surface area contributed by atoms with Crippen LogP contribution in [0.3, 0.4) is 0 Å². The van der Waals surface area contributed by atoms with Crippen molar-refractivity contribution in [3.63, 3.8) is 0 Å². The lowest BCUT2D eigenvalue weighted by atomic mass is 10.2. The molecule has 1 saturated carbocycles. The Bertz CT molecular complexity index is 1330. The van der Waals surface area contributed by atoms with E-state index in [-0.39, 0.29) is 5.56 Å². The van der Waals surface area contributed by atoms with Gasteiger partial charge < -0.3 is 14.6 Å². The van der Waals surface area contributed by atoms with E-state index >= 15 is 0 Å². The highest BCUT2D eigenvalue weighted by molar-refractivity contribution is 6.31. The summed E-state index contributed by atoms with van der Waals surface area (Å²) >= 11 is 5.88. The molecule has 9 nitrogen and oxygen atoms in total. The smallest absolute Gasteiger partial charge is 0.326 e. The van der Waals surface area contributed by atoms with Crippen molar-refractivity contribution >= 4 is 40.4 Å². The lowest BCUT2D eigenvalue weighted by molar-refractivity contribution is 0.0967. The van der Waals surface area contributed by atoms with E-state index in [0.29, 0.717) is 33.8 Å². The molecular weight excluding hydrogens is 444 g/mol. The van der Waals surface area contributed by atoms with E-state index in [9.17, 15) is 9.59 Å². The van der Waals surface area contributed by atoms with E-state index in [0.717, 1.165) is 12.2 Å². The fourth-order valence-corrected chi connectivity index (χ4v) is 3.52. The minimum absolute atomic E-state index is 0.289. The zero-order valence-corrected chi connectivity index (χ0v) is 18.1. The van der Waals surface area contributed by atoms with E-state index < -0.39 is 11.9 Å².